The number of nitrogens with zero attached hydrogens (tertiary/aromatic N) is 1. The summed E-state index contributed by atoms with van der Waals surface area (Å²) < 4.78 is 0. The number of hydrogen-bond donors (Lipinski definition) is 1. The summed E-state index contributed by atoms with van der Waals surface area (Å²) in [6, 6.07) is 8.60. The van der Waals surface area contributed by atoms with Gasteiger partial charge in [0.05, 0.1) is 5.92 Å². The highest BCUT2D eigenvalue weighted by Crippen LogP contribution is 2.30. The van der Waals surface area contributed by atoms with Crippen molar-refractivity contribution in [2.24, 2.45) is 5.92 Å². The molecule has 0 spiro atoms. The van der Waals surface area contributed by atoms with E-state index in [-0.39, 0.29) is 12.0 Å². The molecule has 3 heteroatoms. The van der Waals surface area contributed by atoms with E-state index in [4.69, 9.17) is 0 Å². The van der Waals surface area contributed by atoms with Crippen molar-refractivity contribution in [1.82, 2.24) is 4.90 Å². The average molecular weight is 247 g/mol. The summed E-state index contributed by atoms with van der Waals surface area (Å²) in [5.41, 5.74) is 2.51. The van der Waals surface area contributed by atoms with E-state index >= 15 is 0 Å². The van der Waals surface area contributed by atoms with Gasteiger partial charge < -0.3 is 5.11 Å². The Morgan fingerprint density at radius 1 is 1.44 bits per heavy atom. The van der Waals surface area contributed by atoms with Crippen LogP contribution in [0.1, 0.15) is 30.4 Å². The van der Waals surface area contributed by atoms with Gasteiger partial charge in [0.2, 0.25) is 0 Å². The molecule has 1 saturated carbocycles. The molecule has 98 valence electrons. The van der Waals surface area contributed by atoms with Crippen LogP contribution >= 0.6 is 0 Å². The van der Waals surface area contributed by atoms with E-state index in [2.05, 4.69) is 36.1 Å². The van der Waals surface area contributed by atoms with Crippen molar-refractivity contribution in [3.05, 3.63) is 35.4 Å². The summed E-state index contributed by atoms with van der Waals surface area (Å²) in [5, 5.41) is 9.22. The van der Waals surface area contributed by atoms with Crippen LogP contribution < -0.4 is 0 Å². The molecule has 0 saturated heterocycles. The maximum atomic E-state index is 11.2. The Morgan fingerprint density at radius 3 is 2.89 bits per heavy atom. The van der Waals surface area contributed by atoms with Crippen LogP contribution in [0.2, 0.25) is 0 Å². The van der Waals surface area contributed by atoms with Crippen LogP contribution in [0.25, 0.3) is 0 Å². The van der Waals surface area contributed by atoms with E-state index in [1.807, 2.05) is 7.05 Å². The van der Waals surface area contributed by atoms with Crippen molar-refractivity contribution in [2.75, 3.05) is 7.05 Å². The monoisotopic (exact) mass is 247 g/mol. The summed E-state index contributed by atoms with van der Waals surface area (Å²) in [6.07, 6.45) is 2.84. The fourth-order valence-electron chi connectivity index (χ4n) is 2.97. The number of aliphatic carboxylic acids is 1. The Balaban J connectivity index is 2.03. The van der Waals surface area contributed by atoms with Crippen LogP contribution in [0, 0.1) is 12.8 Å². The van der Waals surface area contributed by atoms with Crippen LogP contribution in [-0.4, -0.2) is 29.1 Å². The minimum absolute atomic E-state index is 0.183. The van der Waals surface area contributed by atoms with E-state index in [0.717, 1.165) is 25.8 Å². The zero-order valence-electron chi connectivity index (χ0n) is 11.1. The molecule has 1 aliphatic carbocycles. The third kappa shape index (κ3) is 2.91. The van der Waals surface area contributed by atoms with Crippen LogP contribution in [-0.2, 0) is 11.3 Å². The zero-order valence-corrected chi connectivity index (χ0v) is 11.1. The maximum absolute atomic E-state index is 11.2. The predicted molar refractivity (Wildman–Crippen MR) is 71.4 cm³/mol. The molecule has 3 nitrogen and oxygen atoms in total. The SMILES string of the molecule is Cc1cccc(CN(C)C2CCCC2C(=O)O)c1. The summed E-state index contributed by atoms with van der Waals surface area (Å²) in [5.74, 6) is -0.839. The molecule has 2 unspecified atom stereocenters. The van der Waals surface area contributed by atoms with Crippen molar-refractivity contribution in [3.63, 3.8) is 0 Å². The molecule has 0 aliphatic heterocycles. The van der Waals surface area contributed by atoms with Gasteiger partial charge in [0.15, 0.2) is 0 Å². The standard InChI is InChI=1S/C15H21NO2/c1-11-5-3-6-12(9-11)10-16(2)14-8-4-7-13(14)15(17)18/h3,5-6,9,13-14H,4,7-8,10H2,1-2H3,(H,17,18). The first kappa shape index (κ1) is 13.1. The maximum Gasteiger partial charge on any atom is 0.308 e. The van der Waals surface area contributed by atoms with E-state index < -0.39 is 5.97 Å². The van der Waals surface area contributed by atoms with E-state index in [1.165, 1.54) is 11.1 Å². The number of hydrogen-bond acceptors (Lipinski definition) is 2. The fourth-order valence-corrected chi connectivity index (χ4v) is 2.97. The van der Waals surface area contributed by atoms with Gasteiger partial charge in [-0.3, -0.25) is 9.69 Å². The summed E-state index contributed by atoms with van der Waals surface area (Å²) in [6.45, 7) is 2.91. The summed E-state index contributed by atoms with van der Waals surface area (Å²) in [7, 11) is 2.04. The lowest BCUT2D eigenvalue weighted by Crippen LogP contribution is -2.37. The minimum atomic E-state index is -0.645. The minimum Gasteiger partial charge on any atom is -0.481 e. The first-order valence-electron chi connectivity index (χ1n) is 6.56. The molecule has 1 N–H and O–H groups in total. The van der Waals surface area contributed by atoms with Crippen LogP contribution in [0.5, 0.6) is 0 Å². The third-order valence-electron chi connectivity index (χ3n) is 3.88. The predicted octanol–water partition coefficient (Wildman–Crippen LogP) is 2.68. The molecule has 1 aliphatic rings. The molecule has 1 fully saturated rings. The largest absolute Gasteiger partial charge is 0.481 e. The lowest BCUT2D eigenvalue weighted by atomic mass is 10.0. The van der Waals surface area contributed by atoms with Gasteiger partial charge in [-0.15, -0.1) is 0 Å². The zero-order chi connectivity index (χ0) is 13.1. The number of rotatable bonds is 4. The summed E-state index contributed by atoms with van der Waals surface area (Å²) in [4.78, 5) is 13.4. The average Bonchev–Trinajstić information content (AvgIpc) is 2.77. The third-order valence-corrected chi connectivity index (χ3v) is 3.88. The molecule has 0 heterocycles. The van der Waals surface area contributed by atoms with Crippen molar-refractivity contribution >= 4 is 5.97 Å². The fraction of sp³-hybridized carbons (Fsp3) is 0.533. The Bertz CT molecular complexity index is 430. The molecule has 2 atom stereocenters. The van der Waals surface area contributed by atoms with Crippen LogP contribution in [0.3, 0.4) is 0 Å². The molecule has 18 heavy (non-hydrogen) atoms. The van der Waals surface area contributed by atoms with Crippen molar-refractivity contribution in [1.29, 1.82) is 0 Å². The molecule has 1 aromatic carbocycles. The molecular weight excluding hydrogens is 226 g/mol. The Hall–Kier alpha value is -1.35. The molecule has 0 aromatic heterocycles. The van der Waals surface area contributed by atoms with Gasteiger partial charge in [-0.2, -0.15) is 0 Å². The number of carboxylic acid groups (broad SMARTS) is 1. The normalized spacial score (nSPS) is 23.5. The quantitative estimate of drug-likeness (QED) is 0.889. The Kier molecular flexibility index (Phi) is 4.02. The van der Waals surface area contributed by atoms with E-state index in [1.54, 1.807) is 0 Å². The topological polar surface area (TPSA) is 40.5 Å². The molecular formula is C15H21NO2. The second-order valence-electron chi connectivity index (χ2n) is 5.35. The van der Waals surface area contributed by atoms with Crippen LogP contribution in [0.4, 0.5) is 0 Å². The highest BCUT2D eigenvalue weighted by molar-refractivity contribution is 5.71. The van der Waals surface area contributed by atoms with Gasteiger partial charge in [0.1, 0.15) is 0 Å². The first-order valence-corrected chi connectivity index (χ1v) is 6.56. The van der Waals surface area contributed by atoms with Crippen LogP contribution in [0.15, 0.2) is 24.3 Å². The molecule has 0 radical (unpaired) electrons. The second-order valence-corrected chi connectivity index (χ2v) is 5.35. The highest BCUT2D eigenvalue weighted by Gasteiger charge is 2.35. The van der Waals surface area contributed by atoms with Gasteiger partial charge in [-0.05, 0) is 32.4 Å². The lowest BCUT2D eigenvalue weighted by Gasteiger charge is -2.27. The Labute approximate surface area is 108 Å². The van der Waals surface area contributed by atoms with Gasteiger partial charge in [-0.25, -0.2) is 0 Å². The molecule has 0 amide bonds. The van der Waals surface area contributed by atoms with Gasteiger partial charge in [0.25, 0.3) is 0 Å². The van der Waals surface area contributed by atoms with E-state index in [9.17, 15) is 9.90 Å². The lowest BCUT2D eigenvalue weighted by molar-refractivity contribution is -0.143. The first-order chi connectivity index (χ1) is 8.58. The van der Waals surface area contributed by atoms with Crippen molar-refractivity contribution in [3.8, 4) is 0 Å². The molecule has 2 rings (SSSR count). The number of carboxylic acids is 1. The Morgan fingerprint density at radius 2 is 2.22 bits per heavy atom. The number of aryl methyl sites for hydroxylation is 1. The van der Waals surface area contributed by atoms with Gasteiger partial charge >= 0.3 is 5.97 Å². The molecule has 1 aromatic rings. The van der Waals surface area contributed by atoms with E-state index in [0.29, 0.717) is 0 Å². The van der Waals surface area contributed by atoms with Crippen molar-refractivity contribution in [2.45, 2.75) is 38.8 Å². The van der Waals surface area contributed by atoms with Gasteiger partial charge in [-0.1, -0.05) is 36.2 Å². The van der Waals surface area contributed by atoms with Gasteiger partial charge in [0, 0.05) is 12.6 Å². The summed E-state index contributed by atoms with van der Waals surface area (Å²) >= 11 is 0. The second kappa shape index (κ2) is 5.53. The van der Waals surface area contributed by atoms with Crippen molar-refractivity contribution < 1.29 is 9.90 Å². The smallest absolute Gasteiger partial charge is 0.308 e. The molecule has 0 bridgehead atoms. The number of carbonyl (C=O) groups is 1. The highest BCUT2D eigenvalue weighted by atomic mass is 16.4. The number of benzene rings is 1.